The number of nitrogens with one attached hydrogen (secondary N) is 1. The van der Waals surface area contributed by atoms with E-state index in [0.29, 0.717) is 11.1 Å². The van der Waals surface area contributed by atoms with Crippen molar-refractivity contribution >= 4 is 50.5 Å². The summed E-state index contributed by atoms with van der Waals surface area (Å²) >= 11 is 5.18. The zero-order valence-electron chi connectivity index (χ0n) is 11.8. The summed E-state index contributed by atoms with van der Waals surface area (Å²) in [5.41, 5.74) is 3.89. The number of hydrogen-bond acceptors (Lipinski definition) is 7. The molecule has 0 radical (unpaired) electrons. The summed E-state index contributed by atoms with van der Waals surface area (Å²) in [6, 6.07) is 4.16. The summed E-state index contributed by atoms with van der Waals surface area (Å²) < 4.78 is 0. The van der Waals surface area contributed by atoms with Crippen LogP contribution in [0.1, 0.15) is 19.7 Å². The van der Waals surface area contributed by atoms with Gasteiger partial charge in [0, 0.05) is 15.8 Å². The fourth-order valence-electron chi connectivity index (χ4n) is 2.01. The van der Waals surface area contributed by atoms with E-state index in [-0.39, 0.29) is 0 Å². The molecule has 0 saturated heterocycles. The normalized spacial score (nSPS) is 11.4. The van der Waals surface area contributed by atoms with Gasteiger partial charge in [0.05, 0.1) is 11.1 Å². The number of thioether (sulfide) groups is 1. The summed E-state index contributed by atoms with van der Waals surface area (Å²) in [4.78, 5) is 11.5. The number of nitrogen functional groups attached to an aromatic ring is 1. The van der Waals surface area contributed by atoms with Gasteiger partial charge in [-0.05, 0) is 16.7 Å². The van der Waals surface area contributed by atoms with Gasteiger partial charge in [0.1, 0.15) is 10.7 Å². The monoisotopic (exact) mass is 336 g/mol. The molecule has 3 aromatic rings. The van der Waals surface area contributed by atoms with Crippen LogP contribution in [0, 0.1) is 0 Å². The van der Waals surface area contributed by atoms with E-state index in [4.69, 9.17) is 5.84 Å². The molecule has 0 saturated carbocycles. The molecule has 4 nitrogen and oxygen atoms in total. The van der Waals surface area contributed by atoms with E-state index in [2.05, 4.69) is 46.1 Å². The minimum Gasteiger partial charge on any atom is -0.308 e. The van der Waals surface area contributed by atoms with Crippen LogP contribution < -0.4 is 11.3 Å². The van der Waals surface area contributed by atoms with Crippen molar-refractivity contribution in [2.75, 3.05) is 5.43 Å². The highest BCUT2D eigenvalue weighted by Gasteiger charge is 2.15. The van der Waals surface area contributed by atoms with Crippen molar-refractivity contribution < 1.29 is 0 Å². The average Bonchev–Trinajstić information content (AvgIpc) is 3.12. The van der Waals surface area contributed by atoms with Crippen LogP contribution in [0.3, 0.4) is 0 Å². The lowest BCUT2D eigenvalue weighted by molar-refractivity contribution is 1.05. The molecule has 110 valence electrons. The molecule has 0 fully saturated rings. The smallest absolute Gasteiger partial charge is 0.153 e. The minimum atomic E-state index is 0.559. The van der Waals surface area contributed by atoms with E-state index < -0.39 is 0 Å². The van der Waals surface area contributed by atoms with Gasteiger partial charge in [-0.1, -0.05) is 19.9 Å². The molecule has 0 aliphatic carbocycles. The molecule has 3 aromatic heterocycles. The van der Waals surface area contributed by atoms with Crippen LogP contribution in [-0.2, 0) is 5.75 Å². The van der Waals surface area contributed by atoms with Crippen molar-refractivity contribution in [1.29, 1.82) is 0 Å². The number of fused-ring (bicyclic) bond motifs is 1. The summed E-state index contributed by atoms with van der Waals surface area (Å²) in [6.45, 7) is 4.34. The van der Waals surface area contributed by atoms with Gasteiger partial charge >= 0.3 is 0 Å². The molecule has 0 aliphatic rings. The van der Waals surface area contributed by atoms with Gasteiger partial charge in [-0.15, -0.1) is 22.7 Å². The Morgan fingerprint density at radius 1 is 1.33 bits per heavy atom. The first-order valence-electron chi connectivity index (χ1n) is 6.59. The van der Waals surface area contributed by atoms with E-state index in [1.165, 1.54) is 4.88 Å². The second-order valence-corrected chi connectivity index (χ2v) is 8.17. The van der Waals surface area contributed by atoms with E-state index in [9.17, 15) is 0 Å². The number of hydrogen-bond donors (Lipinski definition) is 2. The second kappa shape index (κ2) is 6.31. The van der Waals surface area contributed by atoms with Crippen LogP contribution in [0.25, 0.3) is 20.7 Å². The van der Waals surface area contributed by atoms with Crippen LogP contribution >= 0.6 is 34.4 Å². The van der Waals surface area contributed by atoms with Crippen LogP contribution in [-0.4, -0.2) is 15.2 Å². The fraction of sp³-hybridized carbons (Fsp3) is 0.286. The molecule has 21 heavy (non-hydrogen) atoms. The van der Waals surface area contributed by atoms with Gasteiger partial charge in [-0.2, -0.15) is 11.8 Å². The predicted octanol–water partition coefficient (Wildman–Crippen LogP) is 4.35. The van der Waals surface area contributed by atoms with Crippen LogP contribution in [0.4, 0.5) is 5.82 Å². The van der Waals surface area contributed by atoms with E-state index in [1.807, 2.05) is 17.8 Å². The zero-order chi connectivity index (χ0) is 14.8. The van der Waals surface area contributed by atoms with Gasteiger partial charge < -0.3 is 5.43 Å². The molecule has 0 spiro atoms. The summed E-state index contributed by atoms with van der Waals surface area (Å²) in [5, 5.41) is 5.78. The number of anilines is 1. The number of nitrogens with zero attached hydrogens (tertiary/aromatic N) is 2. The number of nitrogens with two attached hydrogens (primary N) is 1. The number of rotatable bonds is 5. The molecule has 0 unspecified atom stereocenters. The molecule has 7 heteroatoms. The maximum Gasteiger partial charge on any atom is 0.153 e. The van der Waals surface area contributed by atoms with Gasteiger partial charge in [0.25, 0.3) is 0 Å². The third-order valence-corrected chi connectivity index (χ3v) is 5.82. The van der Waals surface area contributed by atoms with Crippen molar-refractivity contribution in [3.63, 3.8) is 0 Å². The van der Waals surface area contributed by atoms with Crippen LogP contribution in [0.2, 0.25) is 0 Å². The molecule has 0 atom stereocenters. The lowest BCUT2D eigenvalue weighted by Gasteiger charge is -2.08. The molecular formula is C14H16N4S3. The van der Waals surface area contributed by atoms with E-state index in [0.717, 1.165) is 27.4 Å². The SMILES string of the molecule is CC(C)SCc1nc(NN)c2c(-c3cccs3)csc2n1. The third kappa shape index (κ3) is 3.06. The van der Waals surface area contributed by atoms with Crippen molar-refractivity contribution in [3.05, 3.63) is 28.7 Å². The molecule has 0 aliphatic heterocycles. The number of aromatic nitrogens is 2. The fourth-order valence-corrected chi connectivity index (χ4v) is 4.40. The first-order valence-corrected chi connectivity index (χ1v) is 9.40. The van der Waals surface area contributed by atoms with Gasteiger partial charge in [0.15, 0.2) is 5.82 Å². The largest absolute Gasteiger partial charge is 0.308 e. The van der Waals surface area contributed by atoms with Gasteiger partial charge in [-0.3, -0.25) is 0 Å². The predicted molar refractivity (Wildman–Crippen MR) is 95.0 cm³/mol. The Labute approximate surface area is 135 Å². The van der Waals surface area contributed by atoms with Crippen LogP contribution in [0.15, 0.2) is 22.9 Å². The Balaban J connectivity index is 2.06. The van der Waals surface area contributed by atoms with E-state index >= 15 is 0 Å². The topological polar surface area (TPSA) is 63.8 Å². The lowest BCUT2D eigenvalue weighted by atomic mass is 10.2. The Morgan fingerprint density at radius 3 is 2.86 bits per heavy atom. The zero-order valence-corrected chi connectivity index (χ0v) is 14.2. The van der Waals surface area contributed by atoms with Crippen molar-refractivity contribution in [3.8, 4) is 10.4 Å². The van der Waals surface area contributed by atoms with Crippen LogP contribution in [0.5, 0.6) is 0 Å². The summed E-state index contributed by atoms with van der Waals surface area (Å²) in [6.07, 6.45) is 0. The number of thiophene rings is 2. The van der Waals surface area contributed by atoms with Crippen molar-refractivity contribution in [1.82, 2.24) is 9.97 Å². The van der Waals surface area contributed by atoms with Crippen molar-refractivity contribution in [2.24, 2.45) is 5.84 Å². The Morgan fingerprint density at radius 2 is 2.19 bits per heavy atom. The standard InChI is InChI=1S/C14H16N4S3/c1-8(2)20-7-11-16-13(18-15)12-9(6-21-14(12)17-11)10-4-3-5-19-10/h3-6,8H,7,15H2,1-2H3,(H,16,17,18). The molecule has 0 amide bonds. The summed E-state index contributed by atoms with van der Waals surface area (Å²) in [5.74, 6) is 8.02. The van der Waals surface area contributed by atoms with Crippen molar-refractivity contribution in [2.45, 2.75) is 24.9 Å². The Bertz CT molecular complexity index is 734. The Kier molecular flexibility index (Phi) is 4.44. The Hall–Kier alpha value is -1.15. The molecule has 0 aromatic carbocycles. The molecule has 3 rings (SSSR count). The first-order chi connectivity index (χ1) is 10.2. The highest BCUT2D eigenvalue weighted by Crippen LogP contribution is 2.38. The quantitative estimate of drug-likeness (QED) is 0.536. The van der Waals surface area contributed by atoms with Gasteiger partial charge in [0.2, 0.25) is 0 Å². The number of hydrazine groups is 1. The maximum atomic E-state index is 5.68. The molecule has 3 N–H and O–H groups in total. The highest BCUT2D eigenvalue weighted by molar-refractivity contribution is 7.99. The van der Waals surface area contributed by atoms with Gasteiger partial charge in [-0.25, -0.2) is 15.8 Å². The third-order valence-electron chi connectivity index (χ3n) is 2.95. The lowest BCUT2D eigenvalue weighted by Crippen LogP contribution is -2.11. The molecule has 0 bridgehead atoms. The molecule has 3 heterocycles. The second-order valence-electron chi connectivity index (χ2n) is 4.80. The molecular weight excluding hydrogens is 320 g/mol. The average molecular weight is 337 g/mol. The van der Waals surface area contributed by atoms with E-state index in [1.54, 1.807) is 22.7 Å². The summed E-state index contributed by atoms with van der Waals surface area (Å²) in [7, 11) is 0. The maximum absolute atomic E-state index is 5.68. The minimum absolute atomic E-state index is 0.559. The first kappa shape index (κ1) is 14.8. The highest BCUT2D eigenvalue weighted by atomic mass is 32.2.